The van der Waals surface area contributed by atoms with Crippen LogP contribution in [0.5, 0.6) is 0 Å². The van der Waals surface area contributed by atoms with Gasteiger partial charge in [-0.2, -0.15) is 16.9 Å². The highest BCUT2D eigenvalue weighted by Gasteiger charge is 2.31. The van der Waals surface area contributed by atoms with Gasteiger partial charge in [-0.3, -0.25) is 9.48 Å². The number of aromatic amines is 1. The third-order valence-electron chi connectivity index (χ3n) is 7.10. The summed E-state index contributed by atoms with van der Waals surface area (Å²) >= 11 is 1.89. The van der Waals surface area contributed by atoms with Crippen LogP contribution in [-0.2, 0) is 25.8 Å². The molecule has 6 nitrogen and oxygen atoms in total. The summed E-state index contributed by atoms with van der Waals surface area (Å²) in [5, 5.41) is 8.96. The molecule has 1 aliphatic heterocycles. The molecule has 0 bridgehead atoms. The van der Waals surface area contributed by atoms with Crippen LogP contribution >= 0.6 is 11.8 Å². The van der Waals surface area contributed by atoms with Gasteiger partial charge in [0.05, 0.1) is 5.52 Å². The number of H-pyrrole nitrogens is 1. The largest absolute Gasteiger partial charge is 0.356 e. The van der Waals surface area contributed by atoms with E-state index in [1.165, 1.54) is 11.8 Å². The Morgan fingerprint density at radius 3 is 2.85 bits per heavy atom. The molecule has 1 fully saturated rings. The fourth-order valence-corrected chi connectivity index (χ4v) is 6.24. The highest BCUT2D eigenvalue weighted by Crippen LogP contribution is 2.28. The molecule has 0 saturated carbocycles. The average molecular weight is 488 g/mol. The number of hydrogen-bond acceptors (Lipinski definition) is 4. The molecule has 3 aromatic rings. The highest BCUT2D eigenvalue weighted by atomic mass is 32.2. The number of benzene rings is 1. The second-order valence-electron chi connectivity index (χ2n) is 9.18. The van der Waals surface area contributed by atoms with Gasteiger partial charge >= 0.3 is 0 Å². The van der Waals surface area contributed by atoms with Gasteiger partial charge in [0.25, 0.3) is 5.91 Å². The smallest absolute Gasteiger partial charge is 0.274 e. The maximum absolute atomic E-state index is 14.1. The van der Waals surface area contributed by atoms with Crippen LogP contribution in [0.1, 0.15) is 46.3 Å². The molecule has 9 heteroatoms. The Kier molecular flexibility index (Phi) is 6.66. The number of rotatable bonds is 6. The number of amides is 1. The standard InChI is InChI=1S/C25H31F2N5OS/c1-3-32-22-5-4-17(14-20(22)24(30-32)25(33)31-8-10-34-11-9-31)28-7-6-18-15(2)29-23-19(18)12-16(26)13-21(23)27/h12-13,17,28-29H,3-11,14H2,1-2H3. The van der Waals surface area contributed by atoms with Crippen molar-refractivity contribution in [3.8, 4) is 0 Å². The van der Waals surface area contributed by atoms with Crippen LogP contribution in [-0.4, -0.2) is 62.8 Å². The van der Waals surface area contributed by atoms with Crippen molar-refractivity contribution in [1.82, 2.24) is 25.0 Å². The zero-order valence-electron chi connectivity index (χ0n) is 19.7. The summed E-state index contributed by atoms with van der Waals surface area (Å²) in [5.74, 6) is 0.897. The molecule has 0 radical (unpaired) electrons. The topological polar surface area (TPSA) is 66.0 Å². The Labute approximate surface area is 202 Å². The fourth-order valence-electron chi connectivity index (χ4n) is 5.34. The first kappa shape index (κ1) is 23.4. The van der Waals surface area contributed by atoms with Crippen molar-refractivity contribution in [1.29, 1.82) is 0 Å². The zero-order valence-corrected chi connectivity index (χ0v) is 20.5. The molecule has 0 spiro atoms. The number of nitrogens with one attached hydrogen (secondary N) is 2. The molecular formula is C25H31F2N5OS. The van der Waals surface area contributed by atoms with Crippen LogP contribution in [0.25, 0.3) is 10.9 Å². The molecule has 34 heavy (non-hydrogen) atoms. The summed E-state index contributed by atoms with van der Waals surface area (Å²) in [6.45, 7) is 6.99. The molecule has 1 amide bonds. The SMILES string of the molecule is CCn1nc(C(=O)N2CCSCC2)c2c1CCC(NCCc1c(C)[nH]c3c(F)cc(F)cc13)C2. The van der Waals surface area contributed by atoms with Crippen LogP contribution in [0.4, 0.5) is 8.78 Å². The molecular weight excluding hydrogens is 456 g/mol. The Morgan fingerprint density at radius 1 is 1.29 bits per heavy atom. The molecule has 182 valence electrons. The molecule has 2 N–H and O–H groups in total. The third-order valence-corrected chi connectivity index (χ3v) is 8.04. The number of carbonyl (C=O) groups is 1. The number of halogens is 2. The molecule has 1 aliphatic carbocycles. The molecule has 3 heterocycles. The molecule has 5 rings (SSSR count). The van der Waals surface area contributed by atoms with Crippen molar-refractivity contribution in [2.75, 3.05) is 31.1 Å². The second kappa shape index (κ2) is 9.70. The van der Waals surface area contributed by atoms with Crippen LogP contribution in [0, 0.1) is 18.6 Å². The Hall–Kier alpha value is -2.39. The van der Waals surface area contributed by atoms with Crippen LogP contribution in [0.2, 0.25) is 0 Å². The minimum Gasteiger partial charge on any atom is -0.356 e. The lowest BCUT2D eigenvalue weighted by Gasteiger charge is -2.27. The van der Waals surface area contributed by atoms with E-state index in [4.69, 9.17) is 5.10 Å². The molecule has 2 aliphatic rings. The number of nitrogens with zero attached hydrogens (tertiary/aromatic N) is 3. The van der Waals surface area contributed by atoms with E-state index in [2.05, 4.69) is 17.2 Å². The van der Waals surface area contributed by atoms with Gasteiger partial charge < -0.3 is 15.2 Å². The van der Waals surface area contributed by atoms with Gasteiger partial charge in [-0.25, -0.2) is 8.78 Å². The van der Waals surface area contributed by atoms with Gasteiger partial charge in [-0.05, 0) is 57.7 Å². The Balaban J connectivity index is 1.29. The molecule has 1 atom stereocenters. The summed E-state index contributed by atoms with van der Waals surface area (Å²) in [6.07, 6.45) is 3.31. The first-order chi connectivity index (χ1) is 16.5. The van der Waals surface area contributed by atoms with Crippen molar-refractivity contribution in [2.24, 2.45) is 0 Å². The second-order valence-corrected chi connectivity index (χ2v) is 10.4. The summed E-state index contributed by atoms with van der Waals surface area (Å²) in [5.41, 5.74) is 5.06. The first-order valence-corrected chi connectivity index (χ1v) is 13.3. The maximum atomic E-state index is 14.1. The quantitative estimate of drug-likeness (QED) is 0.554. The summed E-state index contributed by atoms with van der Waals surface area (Å²) < 4.78 is 29.9. The minimum atomic E-state index is -0.561. The van der Waals surface area contributed by atoms with E-state index >= 15 is 0 Å². The van der Waals surface area contributed by atoms with Crippen LogP contribution in [0.3, 0.4) is 0 Å². The zero-order chi connectivity index (χ0) is 23.8. The van der Waals surface area contributed by atoms with Gasteiger partial charge in [-0.1, -0.05) is 0 Å². The van der Waals surface area contributed by atoms with Gasteiger partial charge in [0, 0.05) is 65.6 Å². The van der Waals surface area contributed by atoms with Crippen molar-refractivity contribution in [3.05, 3.63) is 52.0 Å². The lowest BCUT2D eigenvalue weighted by Crippen LogP contribution is -2.40. The lowest BCUT2D eigenvalue weighted by atomic mass is 9.91. The van der Waals surface area contributed by atoms with E-state index in [1.54, 1.807) is 0 Å². The first-order valence-electron chi connectivity index (χ1n) is 12.1. The van der Waals surface area contributed by atoms with E-state index in [9.17, 15) is 13.6 Å². The van der Waals surface area contributed by atoms with Crippen molar-refractivity contribution < 1.29 is 13.6 Å². The minimum absolute atomic E-state index is 0.0582. The van der Waals surface area contributed by atoms with Crippen molar-refractivity contribution >= 4 is 28.6 Å². The lowest BCUT2D eigenvalue weighted by molar-refractivity contribution is 0.0764. The van der Waals surface area contributed by atoms with E-state index in [0.717, 1.165) is 73.3 Å². The third kappa shape index (κ3) is 4.35. The number of thioether (sulfide) groups is 1. The van der Waals surface area contributed by atoms with Crippen LogP contribution < -0.4 is 5.32 Å². The van der Waals surface area contributed by atoms with Gasteiger partial charge in [0.2, 0.25) is 0 Å². The average Bonchev–Trinajstić information content (AvgIpc) is 3.36. The number of aryl methyl sites for hydroxylation is 2. The van der Waals surface area contributed by atoms with Crippen LogP contribution in [0.15, 0.2) is 12.1 Å². The number of hydrogen-bond donors (Lipinski definition) is 2. The van der Waals surface area contributed by atoms with Gasteiger partial charge in [-0.15, -0.1) is 0 Å². The Bertz CT molecular complexity index is 1210. The molecule has 2 aromatic heterocycles. The maximum Gasteiger partial charge on any atom is 0.274 e. The van der Waals surface area contributed by atoms with E-state index < -0.39 is 11.6 Å². The van der Waals surface area contributed by atoms with Gasteiger partial charge in [0.15, 0.2) is 5.69 Å². The Morgan fingerprint density at radius 2 is 2.09 bits per heavy atom. The predicted octanol–water partition coefficient (Wildman–Crippen LogP) is 3.85. The fraction of sp³-hybridized carbons (Fsp3) is 0.520. The number of carbonyl (C=O) groups excluding carboxylic acids is 1. The predicted molar refractivity (Wildman–Crippen MR) is 132 cm³/mol. The number of aromatic nitrogens is 3. The molecule has 1 aromatic carbocycles. The van der Waals surface area contributed by atoms with Gasteiger partial charge in [0.1, 0.15) is 11.6 Å². The van der Waals surface area contributed by atoms with Crippen molar-refractivity contribution in [2.45, 2.75) is 52.1 Å². The highest BCUT2D eigenvalue weighted by molar-refractivity contribution is 7.99. The normalized spacial score (nSPS) is 18.5. The molecule has 1 saturated heterocycles. The summed E-state index contributed by atoms with van der Waals surface area (Å²) in [7, 11) is 0. The molecule has 1 unspecified atom stereocenters. The van der Waals surface area contributed by atoms with E-state index in [1.807, 2.05) is 28.3 Å². The van der Waals surface area contributed by atoms with E-state index in [0.29, 0.717) is 29.6 Å². The monoisotopic (exact) mass is 487 g/mol. The van der Waals surface area contributed by atoms with E-state index in [-0.39, 0.29) is 11.9 Å². The van der Waals surface area contributed by atoms with Crippen molar-refractivity contribution in [3.63, 3.8) is 0 Å². The summed E-state index contributed by atoms with van der Waals surface area (Å²) in [6, 6.07) is 2.56. The summed E-state index contributed by atoms with van der Waals surface area (Å²) in [4.78, 5) is 18.2. The number of fused-ring (bicyclic) bond motifs is 2.